The van der Waals surface area contributed by atoms with Crippen molar-refractivity contribution >= 4 is 5.91 Å². The third-order valence-corrected chi connectivity index (χ3v) is 11.1. The van der Waals surface area contributed by atoms with E-state index in [-0.39, 0.29) is 12.5 Å². The Hall–Kier alpha value is -1.07. The van der Waals surface area contributed by atoms with Gasteiger partial charge in [0.2, 0.25) is 5.91 Å². The summed E-state index contributed by atoms with van der Waals surface area (Å²) >= 11 is 0. The Morgan fingerprint density at radius 3 is 1.41 bits per heavy atom. The number of nitrogens with one attached hydrogen (secondary N) is 1. The van der Waals surface area contributed by atoms with E-state index in [0.29, 0.717) is 12.8 Å². The molecule has 0 aliphatic carbocycles. The lowest BCUT2D eigenvalue weighted by atomic mass is 9.99. The van der Waals surface area contributed by atoms with Gasteiger partial charge in [0, 0.05) is 6.42 Å². The highest BCUT2D eigenvalue weighted by atomic mass is 16.7. The first-order valence-electron chi connectivity index (χ1n) is 22.9. The van der Waals surface area contributed by atoms with Crippen molar-refractivity contribution in [1.29, 1.82) is 0 Å². The Labute approximate surface area is 331 Å². The quantitative estimate of drug-likeness (QED) is 0.0269. The Bertz CT molecular complexity index is 858. The highest BCUT2D eigenvalue weighted by molar-refractivity contribution is 5.76. The zero-order chi connectivity index (χ0) is 39.5. The normalized spacial score (nSPS) is 21.5. The molecule has 6 N–H and O–H groups in total. The van der Waals surface area contributed by atoms with Crippen LogP contribution in [0.2, 0.25) is 0 Å². The molecule has 7 atom stereocenters. The molecule has 9 heteroatoms. The van der Waals surface area contributed by atoms with Crippen LogP contribution in [-0.2, 0) is 14.3 Å². The number of aliphatic hydroxyl groups is 5. The van der Waals surface area contributed by atoms with Crippen LogP contribution in [0.3, 0.4) is 0 Å². The molecule has 0 aromatic rings. The number of carbonyl (C=O) groups is 1. The summed E-state index contributed by atoms with van der Waals surface area (Å²) in [6, 6.07) is -0.795. The lowest BCUT2D eigenvalue weighted by molar-refractivity contribution is -0.302. The minimum atomic E-state index is -1.56. The average molecular weight is 770 g/mol. The van der Waals surface area contributed by atoms with Gasteiger partial charge in [-0.25, -0.2) is 0 Å². The van der Waals surface area contributed by atoms with Crippen molar-refractivity contribution in [2.75, 3.05) is 13.2 Å². The van der Waals surface area contributed by atoms with Crippen molar-refractivity contribution in [1.82, 2.24) is 5.32 Å². The van der Waals surface area contributed by atoms with Crippen molar-refractivity contribution in [3.63, 3.8) is 0 Å². The fourth-order valence-corrected chi connectivity index (χ4v) is 7.44. The number of hydrogen-bond acceptors (Lipinski definition) is 8. The van der Waals surface area contributed by atoms with Gasteiger partial charge in [-0.2, -0.15) is 0 Å². The number of ether oxygens (including phenoxy) is 2. The number of unbranched alkanes of at least 4 members (excludes halogenated alkanes) is 28. The molecule has 1 saturated heterocycles. The largest absolute Gasteiger partial charge is 0.394 e. The molecule has 0 bridgehead atoms. The molecule has 1 heterocycles. The van der Waals surface area contributed by atoms with Crippen LogP contribution in [0, 0.1) is 0 Å². The molecule has 7 unspecified atom stereocenters. The Morgan fingerprint density at radius 1 is 0.611 bits per heavy atom. The maximum absolute atomic E-state index is 12.3. The van der Waals surface area contributed by atoms with Crippen molar-refractivity contribution in [3.05, 3.63) is 12.2 Å². The highest BCUT2D eigenvalue weighted by Gasteiger charge is 2.44. The van der Waals surface area contributed by atoms with Gasteiger partial charge >= 0.3 is 0 Å². The molecule has 1 fully saturated rings. The van der Waals surface area contributed by atoms with Gasteiger partial charge in [-0.05, 0) is 19.3 Å². The summed E-state index contributed by atoms with van der Waals surface area (Å²) < 4.78 is 11.0. The first-order chi connectivity index (χ1) is 26.3. The van der Waals surface area contributed by atoms with Crippen LogP contribution in [0.5, 0.6) is 0 Å². The fourth-order valence-electron chi connectivity index (χ4n) is 7.44. The lowest BCUT2D eigenvalue weighted by Crippen LogP contribution is -2.60. The van der Waals surface area contributed by atoms with Crippen LogP contribution in [0.25, 0.3) is 0 Å². The van der Waals surface area contributed by atoms with E-state index >= 15 is 0 Å². The minimum absolute atomic E-state index is 0.191. The molecule has 0 aromatic heterocycles. The van der Waals surface area contributed by atoms with Crippen LogP contribution in [0.1, 0.15) is 213 Å². The third-order valence-electron chi connectivity index (χ3n) is 11.1. The Balaban J connectivity index is 1.98. The first kappa shape index (κ1) is 50.9. The van der Waals surface area contributed by atoms with E-state index < -0.39 is 49.5 Å². The number of carbonyl (C=O) groups excluding carboxylic acids is 1. The highest BCUT2D eigenvalue weighted by Crippen LogP contribution is 2.23. The van der Waals surface area contributed by atoms with Gasteiger partial charge in [0.05, 0.1) is 25.4 Å². The monoisotopic (exact) mass is 770 g/mol. The number of hydrogen-bond donors (Lipinski definition) is 6. The van der Waals surface area contributed by atoms with E-state index in [0.717, 1.165) is 19.3 Å². The van der Waals surface area contributed by atoms with E-state index in [9.17, 15) is 30.3 Å². The van der Waals surface area contributed by atoms with Crippen LogP contribution in [-0.4, -0.2) is 87.5 Å². The van der Waals surface area contributed by atoms with E-state index in [1.54, 1.807) is 6.08 Å². The second kappa shape index (κ2) is 36.3. The van der Waals surface area contributed by atoms with Crippen LogP contribution < -0.4 is 5.32 Å². The second-order valence-electron chi connectivity index (χ2n) is 16.2. The summed E-state index contributed by atoms with van der Waals surface area (Å²) in [7, 11) is 0. The van der Waals surface area contributed by atoms with E-state index in [1.165, 1.54) is 167 Å². The summed E-state index contributed by atoms with van der Waals surface area (Å²) in [4.78, 5) is 12.3. The Morgan fingerprint density at radius 2 is 1.02 bits per heavy atom. The molecule has 0 saturated carbocycles. The van der Waals surface area contributed by atoms with Gasteiger partial charge in [-0.3, -0.25) is 4.79 Å². The van der Waals surface area contributed by atoms with Gasteiger partial charge in [0.15, 0.2) is 6.29 Å². The number of allylic oxidation sites excluding steroid dienone is 1. The standard InChI is InChI=1S/C45H87NO8/c1-3-5-6-7-8-9-10-11-12-13-14-15-16-17-18-19-20-21-22-23-24-25-26-27-28-29-30-31-32-33-35-39(48)38(46-41(49)34-4-2)37-53-45-44(52)43(51)42(50)40(36-47)54-45/h33,35,38-40,42-45,47-48,50-52H,3-32,34,36-37H2,1-2H3,(H,46,49)/b35-33+. The molecule has 1 rings (SSSR count). The van der Waals surface area contributed by atoms with Crippen molar-refractivity contribution in [2.45, 2.75) is 256 Å². The van der Waals surface area contributed by atoms with E-state index in [4.69, 9.17) is 9.47 Å². The molecule has 0 radical (unpaired) electrons. The lowest BCUT2D eigenvalue weighted by Gasteiger charge is -2.40. The molecule has 1 amide bonds. The topological polar surface area (TPSA) is 149 Å². The average Bonchev–Trinajstić information content (AvgIpc) is 3.17. The first-order valence-corrected chi connectivity index (χ1v) is 22.9. The minimum Gasteiger partial charge on any atom is -0.394 e. The predicted molar refractivity (Wildman–Crippen MR) is 221 cm³/mol. The molecule has 1 aliphatic rings. The SMILES string of the molecule is CCCCCCCCCCCCCCCCCCCCCCCCCCCCCC/C=C/C(O)C(COC1OC(CO)C(O)C(O)C1O)NC(=O)CCC. The molecule has 0 spiro atoms. The molecule has 320 valence electrons. The van der Waals surface area contributed by atoms with Gasteiger partial charge in [0.1, 0.15) is 24.4 Å². The summed E-state index contributed by atoms with van der Waals surface area (Å²) in [5, 5.41) is 53.3. The fraction of sp³-hybridized carbons (Fsp3) is 0.933. The smallest absolute Gasteiger partial charge is 0.220 e. The number of rotatable bonds is 38. The molecular weight excluding hydrogens is 682 g/mol. The van der Waals surface area contributed by atoms with E-state index in [2.05, 4.69) is 12.2 Å². The van der Waals surface area contributed by atoms with Crippen LogP contribution >= 0.6 is 0 Å². The summed E-state index contributed by atoms with van der Waals surface area (Å²) in [5.41, 5.74) is 0. The van der Waals surface area contributed by atoms with Gasteiger partial charge in [-0.15, -0.1) is 0 Å². The maximum atomic E-state index is 12.3. The van der Waals surface area contributed by atoms with Crippen molar-refractivity contribution in [3.8, 4) is 0 Å². The second-order valence-corrected chi connectivity index (χ2v) is 16.2. The van der Waals surface area contributed by atoms with E-state index in [1.807, 2.05) is 13.0 Å². The number of aliphatic hydroxyl groups excluding tert-OH is 5. The summed E-state index contributed by atoms with van der Waals surface area (Å²) in [6.45, 7) is 3.43. The molecule has 1 aliphatic heterocycles. The van der Waals surface area contributed by atoms with Crippen molar-refractivity contribution in [2.24, 2.45) is 0 Å². The molecular formula is C45H87NO8. The van der Waals surface area contributed by atoms with Gasteiger partial charge in [-0.1, -0.05) is 199 Å². The van der Waals surface area contributed by atoms with Gasteiger partial charge < -0.3 is 40.3 Å². The number of amides is 1. The summed E-state index contributed by atoms with van der Waals surface area (Å²) in [6.07, 6.45) is 36.0. The molecule has 9 nitrogen and oxygen atoms in total. The van der Waals surface area contributed by atoms with Crippen LogP contribution in [0.4, 0.5) is 0 Å². The third kappa shape index (κ3) is 26.7. The van der Waals surface area contributed by atoms with Crippen molar-refractivity contribution < 1.29 is 39.8 Å². The zero-order valence-corrected chi connectivity index (χ0v) is 35.0. The zero-order valence-electron chi connectivity index (χ0n) is 35.0. The molecule has 54 heavy (non-hydrogen) atoms. The predicted octanol–water partition coefficient (Wildman–Crippen LogP) is 9.34. The summed E-state index contributed by atoms with van der Waals surface area (Å²) in [5.74, 6) is -0.229. The van der Waals surface area contributed by atoms with Gasteiger partial charge in [0.25, 0.3) is 0 Å². The Kier molecular flexibility index (Phi) is 34.2. The maximum Gasteiger partial charge on any atom is 0.220 e. The molecule has 0 aromatic carbocycles. The van der Waals surface area contributed by atoms with Crippen LogP contribution in [0.15, 0.2) is 12.2 Å².